The summed E-state index contributed by atoms with van der Waals surface area (Å²) in [6.45, 7) is 9.67. The molecule has 1 aromatic carbocycles. The summed E-state index contributed by atoms with van der Waals surface area (Å²) in [7, 11) is 2.12. The van der Waals surface area contributed by atoms with Gasteiger partial charge in [-0.3, -0.25) is 9.59 Å². The first-order valence-electron chi connectivity index (χ1n) is 8.76. The van der Waals surface area contributed by atoms with Gasteiger partial charge in [-0.2, -0.15) is 0 Å². The minimum Gasteiger partial charge on any atom is -0.338 e. The Morgan fingerprint density at radius 3 is 2.88 bits per heavy atom. The van der Waals surface area contributed by atoms with Crippen molar-refractivity contribution in [2.45, 2.75) is 32.6 Å². The first-order valence-corrected chi connectivity index (χ1v) is 8.76. The van der Waals surface area contributed by atoms with Gasteiger partial charge in [0.1, 0.15) is 0 Å². The lowest BCUT2D eigenvalue weighted by atomic mass is 9.86. The lowest BCUT2D eigenvalue weighted by Gasteiger charge is -2.20. The molecular formula is C19H27N3O2. The van der Waals surface area contributed by atoms with Crippen molar-refractivity contribution in [1.82, 2.24) is 9.80 Å². The van der Waals surface area contributed by atoms with Crippen LogP contribution in [0, 0.1) is 5.92 Å². The maximum atomic E-state index is 12.8. The molecule has 2 aliphatic heterocycles. The molecule has 0 aliphatic carbocycles. The Balaban J connectivity index is 1.71. The van der Waals surface area contributed by atoms with Crippen LogP contribution in [-0.2, 0) is 10.2 Å². The van der Waals surface area contributed by atoms with E-state index in [4.69, 9.17) is 0 Å². The summed E-state index contributed by atoms with van der Waals surface area (Å²) in [5.74, 6) is 0.608. The van der Waals surface area contributed by atoms with Gasteiger partial charge in [-0.15, -0.1) is 0 Å². The number of rotatable bonds is 4. The molecular weight excluding hydrogens is 302 g/mol. The van der Waals surface area contributed by atoms with E-state index in [-0.39, 0.29) is 11.8 Å². The van der Waals surface area contributed by atoms with Crippen molar-refractivity contribution >= 4 is 17.5 Å². The highest BCUT2D eigenvalue weighted by molar-refractivity contribution is 6.07. The molecule has 0 bridgehead atoms. The highest BCUT2D eigenvalue weighted by atomic mass is 16.2. The molecule has 0 aromatic heterocycles. The Labute approximate surface area is 144 Å². The van der Waals surface area contributed by atoms with Gasteiger partial charge in [0.15, 0.2) is 0 Å². The maximum absolute atomic E-state index is 12.8. The molecule has 2 aliphatic rings. The molecule has 1 unspecified atom stereocenters. The topological polar surface area (TPSA) is 52.6 Å². The fourth-order valence-electron chi connectivity index (χ4n) is 3.65. The molecule has 5 heteroatoms. The third-order valence-corrected chi connectivity index (χ3v) is 5.44. The second-order valence-corrected chi connectivity index (χ2v) is 7.60. The Hall–Kier alpha value is -1.88. The fourth-order valence-corrected chi connectivity index (χ4v) is 3.65. The van der Waals surface area contributed by atoms with Gasteiger partial charge in [-0.05, 0) is 57.5 Å². The second kappa shape index (κ2) is 6.20. The number of nitrogens with zero attached hydrogens (tertiary/aromatic N) is 2. The highest BCUT2D eigenvalue weighted by Gasteiger charge is 2.38. The number of carbonyl (C=O) groups excluding carboxylic acids is 2. The van der Waals surface area contributed by atoms with Crippen LogP contribution in [0.25, 0.3) is 0 Å². The van der Waals surface area contributed by atoms with Crippen LogP contribution in [-0.4, -0.2) is 54.8 Å². The molecule has 1 saturated heterocycles. The third-order valence-electron chi connectivity index (χ3n) is 5.44. The number of likely N-dealkylation sites (tertiary alicyclic amines) is 1. The van der Waals surface area contributed by atoms with Crippen molar-refractivity contribution in [1.29, 1.82) is 0 Å². The minimum absolute atomic E-state index is 0.00839. The highest BCUT2D eigenvalue weighted by Crippen LogP contribution is 2.37. The standard InChI is InChI=1S/C19H27N3O2/c1-5-21(4)11-13-8-9-22(12-13)17(23)14-6-7-15-16(10-14)20-18(24)19(15,2)3/h6-7,10,13H,5,8-9,11-12H2,1-4H3,(H,20,24). The zero-order valence-electron chi connectivity index (χ0n) is 15.1. The number of amides is 2. The predicted molar refractivity (Wildman–Crippen MR) is 95.3 cm³/mol. The van der Waals surface area contributed by atoms with E-state index in [9.17, 15) is 9.59 Å². The van der Waals surface area contributed by atoms with E-state index < -0.39 is 5.41 Å². The molecule has 1 N–H and O–H groups in total. The monoisotopic (exact) mass is 329 g/mol. The van der Waals surface area contributed by atoms with Crippen molar-refractivity contribution in [3.05, 3.63) is 29.3 Å². The predicted octanol–water partition coefficient (Wildman–Crippen LogP) is 2.33. The van der Waals surface area contributed by atoms with Gasteiger partial charge in [0.05, 0.1) is 5.41 Å². The van der Waals surface area contributed by atoms with Gasteiger partial charge in [-0.25, -0.2) is 0 Å². The van der Waals surface area contributed by atoms with E-state index >= 15 is 0 Å². The Morgan fingerprint density at radius 1 is 1.42 bits per heavy atom. The lowest BCUT2D eigenvalue weighted by molar-refractivity contribution is -0.119. The third kappa shape index (κ3) is 2.93. The molecule has 1 aromatic rings. The number of hydrogen-bond donors (Lipinski definition) is 1. The van der Waals surface area contributed by atoms with E-state index in [0.29, 0.717) is 11.5 Å². The molecule has 1 atom stereocenters. The Kier molecular flexibility index (Phi) is 4.38. The molecule has 24 heavy (non-hydrogen) atoms. The number of hydrogen-bond acceptors (Lipinski definition) is 3. The summed E-state index contributed by atoms with van der Waals surface area (Å²) in [6, 6.07) is 5.60. The number of anilines is 1. The van der Waals surface area contributed by atoms with E-state index in [1.54, 1.807) is 0 Å². The zero-order valence-corrected chi connectivity index (χ0v) is 15.1. The lowest BCUT2D eigenvalue weighted by Crippen LogP contribution is -2.31. The summed E-state index contributed by atoms with van der Waals surface area (Å²) in [5.41, 5.74) is 1.88. The molecule has 130 valence electrons. The van der Waals surface area contributed by atoms with Gasteiger partial charge in [0.25, 0.3) is 5.91 Å². The van der Waals surface area contributed by atoms with E-state index in [0.717, 1.165) is 43.9 Å². The van der Waals surface area contributed by atoms with Crippen molar-refractivity contribution in [2.24, 2.45) is 5.92 Å². The zero-order chi connectivity index (χ0) is 17.5. The van der Waals surface area contributed by atoms with Gasteiger partial charge in [-0.1, -0.05) is 13.0 Å². The van der Waals surface area contributed by atoms with Crippen LogP contribution in [0.15, 0.2) is 18.2 Å². The second-order valence-electron chi connectivity index (χ2n) is 7.60. The molecule has 0 radical (unpaired) electrons. The van der Waals surface area contributed by atoms with Gasteiger partial charge >= 0.3 is 0 Å². The SMILES string of the molecule is CCN(C)CC1CCN(C(=O)c2ccc3c(c2)NC(=O)C3(C)C)C1. The Bertz CT molecular complexity index is 669. The van der Waals surface area contributed by atoms with Crippen LogP contribution in [0.5, 0.6) is 0 Å². The van der Waals surface area contributed by atoms with E-state index in [2.05, 4.69) is 24.2 Å². The number of nitrogens with one attached hydrogen (secondary N) is 1. The van der Waals surface area contributed by atoms with Crippen molar-refractivity contribution in [3.63, 3.8) is 0 Å². The van der Waals surface area contributed by atoms with Crippen LogP contribution in [0.2, 0.25) is 0 Å². The summed E-state index contributed by atoms with van der Waals surface area (Å²) in [6.07, 6.45) is 1.06. The number of fused-ring (bicyclic) bond motifs is 1. The summed E-state index contributed by atoms with van der Waals surface area (Å²) in [4.78, 5) is 29.1. The number of benzene rings is 1. The van der Waals surface area contributed by atoms with Gasteiger partial charge in [0.2, 0.25) is 5.91 Å². The fraction of sp³-hybridized carbons (Fsp3) is 0.579. The molecule has 2 heterocycles. The van der Waals surface area contributed by atoms with E-state index in [1.807, 2.05) is 36.9 Å². The minimum atomic E-state index is -0.527. The van der Waals surface area contributed by atoms with Gasteiger partial charge < -0.3 is 15.1 Å². The molecule has 1 fully saturated rings. The smallest absolute Gasteiger partial charge is 0.253 e. The first kappa shape index (κ1) is 17.0. The molecule has 0 saturated carbocycles. The molecule has 5 nitrogen and oxygen atoms in total. The molecule has 2 amide bonds. The van der Waals surface area contributed by atoms with Crippen LogP contribution < -0.4 is 5.32 Å². The van der Waals surface area contributed by atoms with Crippen molar-refractivity contribution < 1.29 is 9.59 Å². The summed E-state index contributed by atoms with van der Waals surface area (Å²) < 4.78 is 0. The average molecular weight is 329 g/mol. The van der Waals surface area contributed by atoms with Crippen LogP contribution in [0.3, 0.4) is 0 Å². The van der Waals surface area contributed by atoms with Crippen LogP contribution in [0.4, 0.5) is 5.69 Å². The summed E-state index contributed by atoms with van der Waals surface area (Å²) in [5, 5.41) is 2.90. The first-order chi connectivity index (χ1) is 11.3. The molecule has 0 spiro atoms. The van der Waals surface area contributed by atoms with Crippen LogP contribution in [0.1, 0.15) is 43.1 Å². The van der Waals surface area contributed by atoms with Gasteiger partial charge in [0, 0.05) is 30.9 Å². The van der Waals surface area contributed by atoms with Crippen LogP contribution >= 0.6 is 0 Å². The van der Waals surface area contributed by atoms with Crippen molar-refractivity contribution in [3.8, 4) is 0 Å². The number of carbonyl (C=O) groups is 2. The normalized spacial score (nSPS) is 22.0. The molecule has 3 rings (SSSR count). The quantitative estimate of drug-likeness (QED) is 0.922. The maximum Gasteiger partial charge on any atom is 0.253 e. The van der Waals surface area contributed by atoms with Crippen molar-refractivity contribution in [2.75, 3.05) is 38.5 Å². The largest absolute Gasteiger partial charge is 0.338 e. The average Bonchev–Trinajstić information content (AvgIpc) is 3.09. The Morgan fingerprint density at radius 2 is 2.17 bits per heavy atom. The van der Waals surface area contributed by atoms with E-state index in [1.165, 1.54) is 0 Å². The summed E-state index contributed by atoms with van der Waals surface area (Å²) >= 11 is 0.